The number of carbonyl (C=O) groups excluding carboxylic acids is 1. The summed E-state index contributed by atoms with van der Waals surface area (Å²) in [7, 11) is 1.38. The molecule has 0 aliphatic heterocycles. The number of nitrogens with zero attached hydrogens (tertiary/aromatic N) is 3. The highest BCUT2D eigenvalue weighted by atomic mass is 35.5. The fourth-order valence-corrected chi connectivity index (χ4v) is 2.79. The Kier molecular flexibility index (Phi) is 7.79. The minimum absolute atomic E-state index is 0.0329. The smallest absolute Gasteiger partial charge is 0.478 e. The highest BCUT2D eigenvalue weighted by Gasteiger charge is 2.38. The van der Waals surface area contributed by atoms with Crippen LogP contribution in [-0.2, 0) is 18.0 Å². The van der Waals surface area contributed by atoms with Crippen LogP contribution in [0.3, 0.4) is 0 Å². The Labute approximate surface area is 195 Å². The van der Waals surface area contributed by atoms with E-state index in [1.54, 1.807) is 0 Å². The first-order valence-electron chi connectivity index (χ1n) is 8.81. The van der Waals surface area contributed by atoms with Crippen molar-refractivity contribution in [2.45, 2.75) is 12.4 Å². The van der Waals surface area contributed by atoms with Crippen LogP contribution < -0.4 is 5.32 Å². The quantitative estimate of drug-likeness (QED) is 0.373. The average molecular weight is 528 g/mol. The van der Waals surface area contributed by atoms with E-state index >= 15 is 0 Å². The molecule has 0 aliphatic carbocycles. The van der Waals surface area contributed by atoms with E-state index in [1.807, 2.05) is 0 Å². The van der Waals surface area contributed by atoms with Gasteiger partial charge in [0, 0.05) is 18.9 Å². The number of H-pyrrole nitrogens is 1. The number of nitrogens with one attached hydrogen (secondary N) is 2. The SMILES string of the molecule is Cn1c(-c2c[nH]nc2C(F)(F)F)cnc1C(=O)Nc1ccc(C(=O)O)c(Cl)c1.O=C(O)C(F)(F)F. The van der Waals surface area contributed by atoms with Crippen LogP contribution in [0.25, 0.3) is 11.3 Å². The Hall–Kier alpha value is -4.08. The monoisotopic (exact) mass is 527 g/mol. The molecule has 0 atom stereocenters. The van der Waals surface area contributed by atoms with Gasteiger partial charge in [-0.25, -0.2) is 14.6 Å². The Balaban J connectivity index is 0.000000540. The van der Waals surface area contributed by atoms with Crippen LogP contribution in [0.15, 0.2) is 30.6 Å². The molecule has 10 nitrogen and oxygen atoms in total. The number of anilines is 1. The molecule has 17 heteroatoms. The summed E-state index contributed by atoms with van der Waals surface area (Å²) < 4.78 is 72.0. The van der Waals surface area contributed by atoms with Gasteiger partial charge in [0.05, 0.1) is 28.0 Å². The van der Waals surface area contributed by atoms with Crippen molar-refractivity contribution in [2.75, 3.05) is 5.32 Å². The second kappa shape index (κ2) is 10.0. The number of imidazole rings is 1. The van der Waals surface area contributed by atoms with Crippen molar-refractivity contribution in [1.82, 2.24) is 19.7 Å². The number of benzene rings is 1. The van der Waals surface area contributed by atoms with E-state index in [2.05, 4.69) is 20.5 Å². The normalized spacial score (nSPS) is 11.4. The molecular formula is C18H12ClF6N5O5. The van der Waals surface area contributed by atoms with Gasteiger partial charge in [-0.15, -0.1) is 0 Å². The van der Waals surface area contributed by atoms with E-state index in [0.29, 0.717) is 0 Å². The number of halogens is 7. The lowest BCUT2D eigenvalue weighted by Gasteiger charge is -2.09. The van der Waals surface area contributed by atoms with Crippen LogP contribution in [0, 0.1) is 0 Å². The minimum atomic E-state index is -5.08. The molecule has 0 aliphatic rings. The number of carboxylic acid groups (broad SMARTS) is 2. The predicted octanol–water partition coefficient (Wildman–Crippen LogP) is 4.07. The maximum absolute atomic E-state index is 13.0. The van der Waals surface area contributed by atoms with Crippen molar-refractivity contribution in [3.63, 3.8) is 0 Å². The van der Waals surface area contributed by atoms with Gasteiger partial charge >= 0.3 is 24.3 Å². The van der Waals surface area contributed by atoms with Crippen molar-refractivity contribution >= 4 is 35.1 Å². The summed E-state index contributed by atoms with van der Waals surface area (Å²) in [4.78, 5) is 36.2. The lowest BCUT2D eigenvalue weighted by Crippen LogP contribution is -2.21. The fourth-order valence-electron chi connectivity index (χ4n) is 2.53. The Morgan fingerprint density at radius 3 is 2.20 bits per heavy atom. The summed E-state index contributed by atoms with van der Waals surface area (Å²) >= 11 is 5.85. The summed E-state index contributed by atoms with van der Waals surface area (Å²) in [6, 6.07) is 3.78. The van der Waals surface area contributed by atoms with E-state index in [9.17, 15) is 35.9 Å². The third kappa shape index (κ3) is 6.50. The Morgan fingerprint density at radius 1 is 1.11 bits per heavy atom. The van der Waals surface area contributed by atoms with Crippen LogP contribution in [0.1, 0.15) is 26.7 Å². The minimum Gasteiger partial charge on any atom is -0.478 e. The zero-order chi connectivity index (χ0) is 26.7. The summed E-state index contributed by atoms with van der Waals surface area (Å²) in [6.07, 6.45) is -7.58. The van der Waals surface area contributed by atoms with Gasteiger partial charge in [0.2, 0.25) is 0 Å². The number of aromatic amines is 1. The van der Waals surface area contributed by atoms with E-state index in [1.165, 1.54) is 29.8 Å². The maximum atomic E-state index is 13.0. The average Bonchev–Trinajstić information content (AvgIpc) is 3.33. The first-order chi connectivity index (χ1) is 16.0. The zero-order valence-electron chi connectivity index (χ0n) is 17.0. The van der Waals surface area contributed by atoms with E-state index in [4.69, 9.17) is 26.6 Å². The van der Waals surface area contributed by atoms with Crippen LogP contribution in [-0.4, -0.2) is 54.0 Å². The molecule has 1 amide bonds. The molecule has 3 aromatic rings. The molecule has 0 spiro atoms. The van der Waals surface area contributed by atoms with Gasteiger partial charge in [0.15, 0.2) is 11.5 Å². The van der Waals surface area contributed by atoms with Crippen molar-refractivity contribution in [1.29, 1.82) is 0 Å². The number of aromatic nitrogens is 4. The molecule has 188 valence electrons. The first-order valence-corrected chi connectivity index (χ1v) is 9.19. The van der Waals surface area contributed by atoms with Gasteiger partial charge in [-0.05, 0) is 18.2 Å². The first kappa shape index (κ1) is 27.2. The van der Waals surface area contributed by atoms with Gasteiger partial charge < -0.3 is 20.1 Å². The summed E-state index contributed by atoms with van der Waals surface area (Å²) in [5.74, 6) is -4.86. The van der Waals surface area contributed by atoms with Crippen LogP contribution in [0.2, 0.25) is 5.02 Å². The maximum Gasteiger partial charge on any atom is 0.490 e. The number of aliphatic carboxylic acids is 1. The highest BCUT2D eigenvalue weighted by Crippen LogP contribution is 2.35. The van der Waals surface area contributed by atoms with Crippen molar-refractivity contribution in [2.24, 2.45) is 7.05 Å². The van der Waals surface area contributed by atoms with E-state index in [-0.39, 0.29) is 33.4 Å². The Bertz CT molecular complexity index is 1270. The fraction of sp³-hybridized carbons (Fsp3) is 0.167. The summed E-state index contributed by atoms with van der Waals surface area (Å²) in [5.41, 5.74) is -1.29. The zero-order valence-corrected chi connectivity index (χ0v) is 17.7. The molecule has 3 rings (SSSR count). The van der Waals surface area contributed by atoms with Crippen molar-refractivity contribution in [3.8, 4) is 11.3 Å². The van der Waals surface area contributed by atoms with E-state index in [0.717, 1.165) is 12.4 Å². The topological polar surface area (TPSA) is 150 Å². The van der Waals surface area contributed by atoms with Crippen LogP contribution in [0.4, 0.5) is 32.0 Å². The number of hydrogen-bond acceptors (Lipinski definition) is 5. The molecule has 2 heterocycles. The molecule has 4 N–H and O–H groups in total. The van der Waals surface area contributed by atoms with Gasteiger partial charge in [-0.2, -0.15) is 31.4 Å². The lowest BCUT2D eigenvalue weighted by atomic mass is 10.2. The Morgan fingerprint density at radius 2 is 1.71 bits per heavy atom. The molecule has 35 heavy (non-hydrogen) atoms. The number of hydrogen-bond donors (Lipinski definition) is 4. The molecule has 0 fully saturated rings. The van der Waals surface area contributed by atoms with Gasteiger partial charge in [0.25, 0.3) is 5.91 Å². The molecule has 0 bridgehead atoms. The molecule has 1 aromatic carbocycles. The number of amides is 1. The molecule has 0 unspecified atom stereocenters. The van der Waals surface area contributed by atoms with Crippen LogP contribution in [0.5, 0.6) is 0 Å². The summed E-state index contributed by atoms with van der Waals surface area (Å²) in [5, 5.41) is 23.8. The molecule has 2 aromatic heterocycles. The lowest BCUT2D eigenvalue weighted by molar-refractivity contribution is -0.192. The van der Waals surface area contributed by atoms with Crippen LogP contribution >= 0.6 is 11.6 Å². The number of alkyl halides is 6. The third-order valence-electron chi connectivity index (χ3n) is 4.08. The molecule has 0 radical (unpaired) electrons. The molecular weight excluding hydrogens is 516 g/mol. The number of aromatic carboxylic acids is 1. The van der Waals surface area contributed by atoms with Gasteiger partial charge in [-0.3, -0.25) is 9.89 Å². The second-order valence-electron chi connectivity index (χ2n) is 6.43. The van der Waals surface area contributed by atoms with Crippen molar-refractivity contribution < 1.29 is 50.9 Å². The standard InChI is InChI=1S/C16H11ClF3N5O3.C2HF3O2/c1-25-11(9-5-22-24-12(9)16(18,19)20)6-21-13(25)14(26)23-7-2-3-8(15(27)28)10(17)4-7;3-2(4,5)1(6)7/h2-6H,1H3,(H,22,24)(H,23,26)(H,27,28);(H,6,7). The largest absolute Gasteiger partial charge is 0.490 e. The predicted molar refractivity (Wildman–Crippen MR) is 106 cm³/mol. The van der Waals surface area contributed by atoms with Crippen molar-refractivity contribution in [3.05, 3.63) is 52.7 Å². The van der Waals surface area contributed by atoms with Gasteiger partial charge in [-0.1, -0.05) is 11.6 Å². The highest BCUT2D eigenvalue weighted by molar-refractivity contribution is 6.33. The number of carbonyl (C=O) groups is 3. The molecule has 0 saturated heterocycles. The molecule has 0 saturated carbocycles. The third-order valence-corrected chi connectivity index (χ3v) is 4.39. The van der Waals surface area contributed by atoms with E-state index < -0.39 is 35.9 Å². The second-order valence-corrected chi connectivity index (χ2v) is 6.84. The number of carboxylic acids is 2. The number of rotatable bonds is 4. The van der Waals surface area contributed by atoms with Gasteiger partial charge in [0.1, 0.15) is 0 Å². The summed E-state index contributed by atoms with van der Waals surface area (Å²) in [6.45, 7) is 0.